The number of amides is 1. The van der Waals surface area contributed by atoms with Gasteiger partial charge in [-0.3, -0.25) is 0 Å². The van der Waals surface area contributed by atoms with Crippen LogP contribution in [0, 0.1) is 0 Å². The Morgan fingerprint density at radius 2 is 1.14 bits per heavy atom. The van der Waals surface area contributed by atoms with Crippen LogP contribution in [0.4, 0.5) is 43.9 Å². The Balaban J connectivity index is 0. The average Bonchev–Trinajstić information content (AvgIpc) is 2.12. The number of carbonyl (C=O) groups excluding carboxylic acids is 1. The molecule has 120 valence electrons. The van der Waals surface area contributed by atoms with Crippen LogP contribution in [0.3, 0.4) is 0 Å². The normalized spacial score (nSPS) is 14.4. The minimum atomic E-state index is -7.11. The Labute approximate surface area is 131 Å². The van der Waals surface area contributed by atoms with Gasteiger partial charge in [0.15, 0.2) is 10.0 Å². The summed E-state index contributed by atoms with van der Waals surface area (Å²) in [6.07, 6.45) is -7.02. The fourth-order valence-corrected chi connectivity index (χ4v) is 0.967. The number of hydrogen-bond acceptors (Lipinski definition) is 3. The van der Waals surface area contributed by atoms with Crippen molar-refractivity contribution in [2.45, 2.75) is 23.5 Å². The van der Waals surface area contributed by atoms with Gasteiger partial charge in [-0.1, -0.05) is 0 Å². The molecular weight excluding hydrogens is 367 g/mol. The molecule has 0 aliphatic heterocycles. The minimum absolute atomic E-state index is 0. The van der Waals surface area contributed by atoms with E-state index >= 15 is 0 Å². The topological polar surface area (TPSA) is 65.3 Å². The molecule has 0 saturated heterocycles. The van der Waals surface area contributed by atoms with Crippen LogP contribution in [0.25, 0.3) is 4.72 Å². The molecule has 1 amide bonds. The first-order chi connectivity index (χ1) is 8.38. The molecule has 16 heteroatoms. The summed E-state index contributed by atoms with van der Waals surface area (Å²) in [5.41, 5.74) is -6.42. The molecule has 0 aromatic carbocycles. The minimum Gasteiger partial charge on any atom is -0.533 e. The summed E-state index contributed by atoms with van der Waals surface area (Å²) in [5, 5.41) is 0. The van der Waals surface area contributed by atoms with Gasteiger partial charge in [0.1, 0.15) is 5.91 Å². The maximum Gasteiger partial charge on any atom is 1.00 e. The molecule has 0 unspecified atom stereocenters. The third-order valence-electron chi connectivity index (χ3n) is 1.51. The Bertz CT molecular complexity index is 494. The van der Waals surface area contributed by atoms with Gasteiger partial charge in [-0.15, -0.1) is 0 Å². The summed E-state index contributed by atoms with van der Waals surface area (Å²) < 4.78 is 140. The molecule has 0 N–H and O–H groups in total. The van der Waals surface area contributed by atoms with Gasteiger partial charge in [0.2, 0.25) is 0 Å². The van der Waals surface area contributed by atoms with Gasteiger partial charge in [0.05, 0.1) is 0 Å². The van der Waals surface area contributed by atoms with Crippen molar-refractivity contribution in [2.24, 2.45) is 0 Å². The van der Waals surface area contributed by atoms with E-state index in [1.165, 1.54) is 0 Å². The van der Waals surface area contributed by atoms with Crippen LogP contribution in [0.2, 0.25) is 0 Å². The number of halogens is 10. The second kappa shape index (κ2) is 6.08. The number of carbonyl (C=O) groups is 1. The number of hydrogen-bond donors (Lipinski definition) is 0. The van der Waals surface area contributed by atoms with Gasteiger partial charge in [0, 0.05) is 0 Å². The number of rotatable bonds is 3. The molecule has 4 nitrogen and oxygen atoms in total. The monoisotopic (exact) mass is 367 g/mol. The van der Waals surface area contributed by atoms with Crippen molar-refractivity contribution in [3.8, 4) is 0 Å². The number of sulfonamides is 1. The van der Waals surface area contributed by atoms with Crippen LogP contribution < -0.4 is 29.6 Å². The molecule has 0 aromatic rings. The fraction of sp³-hybridized carbons (Fsp3) is 0.800. The van der Waals surface area contributed by atoms with E-state index in [9.17, 15) is 57.1 Å². The summed E-state index contributed by atoms with van der Waals surface area (Å²) in [6.45, 7) is 0. The van der Waals surface area contributed by atoms with Crippen molar-refractivity contribution in [1.82, 2.24) is 0 Å². The van der Waals surface area contributed by atoms with E-state index < -0.39 is 39.5 Å². The van der Waals surface area contributed by atoms with E-state index in [0.717, 1.165) is 0 Å². The van der Waals surface area contributed by atoms with E-state index in [-0.39, 0.29) is 29.6 Å². The molecule has 0 rings (SSSR count). The molecule has 0 aliphatic carbocycles. The summed E-state index contributed by atoms with van der Waals surface area (Å²) in [6, 6.07) is 0. The van der Waals surface area contributed by atoms with Crippen LogP contribution in [-0.4, -0.2) is 37.9 Å². The van der Waals surface area contributed by atoms with Crippen LogP contribution >= 0.6 is 0 Å². The van der Waals surface area contributed by atoms with Gasteiger partial charge in [-0.05, 0) is 0 Å². The molecule has 0 aliphatic rings. The molecule has 0 spiro atoms. The smallest absolute Gasteiger partial charge is 0.533 e. The van der Waals surface area contributed by atoms with Crippen molar-refractivity contribution < 1.29 is 86.7 Å². The summed E-state index contributed by atoms with van der Waals surface area (Å²) in [4.78, 5) is 10.2. The summed E-state index contributed by atoms with van der Waals surface area (Å²) in [7, 11) is -6.99. The third-order valence-corrected chi connectivity index (χ3v) is 2.51. The Hall–Kier alpha value is -0.280. The quantitative estimate of drug-likeness (QED) is 0.503. The fourth-order valence-electron chi connectivity index (χ4n) is 0.531. The van der Waals surface area contributed by atoms with Crippen molar-refractivity contribution in [2.75, 3.05) is 0 Å². The Morgan fingerprint density at radius 3 is 1.38 bits per heavy atom. The van der Waals surface area contributed by atoms with Gasteiger partial charge in [-0.2, -0.15) is 43.9 Å². The van der Waals surface area contributed by atoms with Crippen LogP contribution in [0.1, 0.15) is 0 Å². The first-order valence-electron chi connectivity index (χ1n) is 3.79. The predicted octanol–water partition coefficient (Wildman–Crippen LogP) is -0.427. The van der Waals surface area contributed by atoms with E-state index in [4.69, 9.17) is 0 Å². The van der Waals surface area contributed by atoms with Crippen molar-refractivity contribution in [3.05, 3.63) is 4.72 Å². The first-order valence-corrected chi connectivity index (χ1v) is 5.23. The zero-order valence-electron chi connectivity index (χ0n) is 9.36. The zero-order valence-corrected chi connectivity index (χ0v) is 12.2. The molecule has 0 heterocycles. The van der Waals surface area contributed by atoms with Gasteiger partial charge < -0.3 is 9.52 Å². The maximum atomic E-state index is 12.5. The third kappa shape index (κ3) is 4.35. The number of alkyl halides is 10. The van der Waals surface area contributed by atoms with E-state index in [1.807, 2.05) is 0 Å². The van der Waals surface area contributed by atoms with Gasteiger partial charge >= 0.3 is 53.1 Å². The molecule has 0 radical (unpaired) electrons. The van der Waals surface area contributed by atoms with E-state index in [0.29, 0.717) is 4.72 Å². The average molecular weight is 367 g/mol. The Morgan fingerprint density at radius 1 is 0.810 bits per heavy atom. The SMILES string of the molecule is O=C([N-]S(=O)(=O)C(F)(F)F)C(F)(F)C(F)(F)C(F)(F)F.[Na+]. The van der Waals surface area contributed by atoms with E-state index in [1.54, 1.807) is 0 Å². The van der Waals surface area contributed by atoms with Crippen molar-refractivity contribution in [3.63, 3.8) is 0 Å². The van der Waals surface area contributed by atoms with Gasteiger partial charge in [0.25, 0.3) is 0 Å². The second-order valence-electron chi connectivity index (χ2n) is 2.96. The largest absolute Gasteiger partial charge is 1.00 e. The number of nitrogens with zero attached hydrogens (tertiary/aromatic N) is 1. The summed E-state index contributed by atoms with van der Waals surface area (Å²) in [5.74, 6) is -18.0. The molecule has 0 atom stereocenters. The Kier molecular flexibility index (Phi) is 6.65. The molecule has 0 aromatic heterocycles. The van der Waals surface area contributed by atoms with Crippen molar-refractivity contribution in [1.29, 1.82) is 0 Å². The van der Waals surface area contributed by atoms with Crippen molar-refractivity contribution >= 4 is 15.9 Å². The molecular formula is C5F10NNaO3S. The van der Waals surface area contributed by atoms with Gasteiger partial charge in [-0.25, -0.2) is 8.42 Å². The molecule has 21 heavy (non-hydrogen) atoms. The molecule has 0 bridgehead atoms. The zero-order chi connectivity index (χ0) is 16.8. The van der Waals surface area contributed by atoms with Crippen LogP contribution in [0.5, 0.6) is 0 Å². The second-order valence-corrected chi connectivity index (χ2v) is 4.56. The standard InChI is InChI=1S/C5HF10NO3S.Na/c6-2(7,3(8,9)4(10,11)12)1(17)16-20(18,19)5(13,14)15;/h(H,16,17);/q;+1/p-1. The summed E-state index contributed by atoms with van der Waals surface area (Å²) >= 11 is 0. The van der Waals surface area contributed by atoms with E-state index in [2.05, 4.69) is 0 Å². The first kappa shape index (κ1) is 23.0. The van der Waals surface area contributed by atoms with Crippen LogP contribution in [0.15, 0.2) is 0 Å². The molecule has 0 fully saturated rings. The molecule has 0 saturated carbocycles. The van der Waals surface area contributed by atoms with Crippen LogP contribution in [-0.2, 0) is 14.8 Å². The maximum absolute atomic E-state index is 12.5. The predicted molar refractivity (Wildman–Crippen MR) is 39.3 cm³/mol.